The lowest BCUT2D eigenvalue weighted by atomic mass is 9.89. The number of rotatable bonds is 2. The van der Waals surface area contributed by atoms with Crippen molar-refractivity contribution in [3.63, 3.8) is 0 Å². The van der Waals surface area contributed by atoms with Gasteiger partial charge in [0.05, 0.1) is 0 Å². The molecule has 1 saturated carbocycles. The van der Waals surface area contributed by atoms with E-state index in [0.29, 0.717) is 17.9 Å². The van der Waals surface area contributed by atoms with Crippen LogP contribution in [0.2, 0.25) is 0 Å². The Morgan fingerprint density at radius 3 is 2.16 bits per heavy atom. The van der Waals surface area contributed by atoms with Crippen molar-refractivity contribution in [2.24, 2.45) is 5.92 Å². The van der Waals surface area contributed by atoms with Gasteiger partial charge in [-0.3, -0.25) is 4.79 Å². The fourth-order valence-corrected chi connectivity index (χ4v) is 4.24. The topological polar surface area (TPSA) is 20.3 Å². The summed E-state index contributed by atoms with van der Waals surface area (Å²) in [5, 5.41) is 0.950. The van der Waals surface area contributed by atoms with Gasteiger partial charge >= 0.3 is 0 Å². The highest BCUT2D eigenvalue weighted by atomic mass is 79.9. The van der Waals surface area contributed by atoms with Crippen LogP contribution in [0.4, 0.5) is 0 Å². The molecule has 0 N–H and O–H groups in total. The van der Waals surface area contributed by atoms with Gasteiger partial charge in [-0.05, 0) is 25.7 Å². The van der Waals surface area contributed by atoms with Crippen LogP contribution in [0, 0.1) is 5.92 Å². The molecule has 1 saturated heterocycles. The molecule has 19 heavy (non-hydrogen) atoms. The third-order valence-electron chi connectivity index (χ3n) is 4.79. The molecule has 0 spiro atoms. The summed E-state index contributed by atoms with van der Waals surface area (Å²) in [6.07, 6.45) is 13.7. The minimum Gasteiger partial charge on any atom is -0.339 e. The van der Waals surface area contributed by atoms with Crippen LogP contribution >= 0.6 is 15.9 Å². The van der Waals surface area contributed by atoms with Crippen LogP contribution in [-0.4, -0.2) is 28.7 Å². The first-order valence-corrected chi connectivity index (χ1v) is 9.31. The fourth-order valence-electron chi connectivity index (χ4n) is 3.57. The smallest absolute Gasteiger partial charge is 0.225 e. The molecule has 1 heterocycles. The lowest BCUT2D eigenvalue weighted by Gasteiger charge is -2.33. The van der Waals surface area contributed by atoms with Gasteiger partial charge in [-0.15, -0.1) is 0 Å². The normalized spacial score (nSPS) is 27.4. The predicted molar refractivity (Wildman–Crippen MR) is 83.6 cm³/mol. The number of likely N-dealkylation sites (tertiary alicyclic amines) is 1. The Morgan fingerprint density at radius 1 is 0.895 bits per heavy atom. The molecule has 110 valence electrons. The van der Waals surface area contributed by atoms with E-state index in [1.807, 2.05) is 0 Å². The Labute approximate surface area is 126 Å². The average molecular weight is 330 g/mol. The molecule has 2 aliphatic rings. The van der Waals surface area contributed by atoms with E-state index in [1.165, 1.54) is 57.8 Å². The molecule has 2 nitrogen and oxygen atoms in total. The highest BCUT2D eigenvalue weighted by Gasteiger charge is 2.29. The van der Waals surface area contributed by atoms with Crippen LogP contribution in [0.3, 0.4) is 0 Å². The third-order valence-corrected chi connectivity index (χ3v) is 5.54. The zero-order valence-corrected chi connectivity index (χ0v) is 13.7. The van der Waals surface area contributed by atoms with Gasteiger partial charge in [0, 0.05) is 23.8 Å². The number of amides is 1. The first-order valence-electron chi connectivity index (χ1n) is 8.19. The molecule has 1 unspecified atom stereocenters. The minimum absolute atomic E-state index is 0.319. The van der Waals surface area contributed by atoms with Gasteiger partial charge in [0.15, 0.2) is 0 Å². The molecule has 1 atom stereocenters. The molecule has 0 aromatic heterocycles. The van der Waals surface area contributed by atoms with Gasteiger partial charge in [0.25, 0.3) is 0 Å². The molecule has 0 aromatic rings. The minimum atomic E-state index is 0.319. The maximum absolute atomic E-state index is 12.8. The van der Waals surface area contributed by atoms with Crippen LogP contribution in [0.5, 0.6) is 0 Å². The number of hydrogen-bond donors (Lipinski definition) is 0. The van der Waals surface area contributed by atoms with E-state index >= 15 is 0 Å². The SMILES string of the molecule is O=C(C1CCCCCCC1)N1CCCCCC1CBr. The van der Waals surface area contributed by atoms with E-state index in [1.54, 1.807) is 0 Å². The lowest BCUT2D eigenvalue weighted by molar-refractivity contribution is -0.138. The monoisotopic (exact) mass is 329 g/mol. The Morgan fingerprint density at radius 2 is 1.47 bits per heavy atom. The third kappa shape index (κ3) is 4.47. The quantitative estimate of drug-likeness (QED) is 0.682. The average Bonchev–Trinajstić information content (AvgIpc) is 2.62. The summed E-state index contributed by atoms with van der Waals surface area (Å²) in [6, 6.07) is 0.445. The maximum atomic E-state index is 12.8. The molecule has 0 bridgehead atoms. The Hall–Kier alpha value is -0.0500. The maximum Gasteiger partial charge on any atom is 0.225 e. The zero-order chi connectivity index (χ0) is 13.5. The van der Waals surface area contributed by atoms with Crippen LogP contribution in [0.15, 0.2) is 0 Å². The molecule has 1 aliphatic carbocycles. The van der Waals surface area contributed by atoms with E-state index < -0.39 is 0 Å². The number of nitrogens with zero attached hydrogens (tertiary/aromatic N) is 1. The second-order valence-corrected chi connectivity index (χ2v) is 6.88. The summed E-state index contributed by atoms with van der Waals surface area (Å²) in [5.74, 6) is 0.785. The van der Waals surface area contributed by atoms with Crippen molar-refractivity contribution in [2.45, 2.75) is 76.7 Å². The first-order chi connectivity index (χ1) is 9.33. The number of carbonyl (C=O) groups is 1. The van der Waals surface area contributed by atoms with Crippen molar-refractivity contribution < 1.29 is 4.79 Å². The van der Waals surface area contributed by atoms with Crippen molar-refractivity contribution in [2.75, 3.05) is 11.9 Å². The van der Waals surface area contributed by atoms with Gasteiger partial charge in [0.2, 0.25) is 5.91 Å². The van der Waals surface area contributed by atoms with Crippen molar-refractivity contribution in [3.8, 4) is 0 Å². The van der Waals surface area contributed by atoms with Gasteiger partial charge in [-0.25, -0.2) is 0 Å². The van der Waals surface area contributed by atoms with Crippen LogP contribution in [-0.2, 0) is 4.79 Å². The van der Waals surface area contributed by atoms with Crippen LogP contribution in [0.25, 0.3) is 0 Å². The van der Waals surface area contributed by atoms with Crippen molar-refractivity contribution >= 4 is 21.8 Å². The summed E-state index contributed by atoms with van der Waals surface area (Å²) in [6.45, 7) is 0.992. The van der Waals surface area contributed by atoms with Crippen LogP contribution in [0.1, 0.15) is 70.6 Å². The zero-order valence-electron chi connectivity index (χ0n) is 12.1. The summed E-state index contributed by atoms with van der Waals surface area (Å²) in [7, 11) is 0. The van der Waals surface area contributed by atoms with Gasteiger partial charge in [-0.1, -0.05) is 60.9 Å². The van der Waals surface area contributed by atoms with E-state index in [9.17, 15) is 4.79 Å². The fraction of sp³-hybridized carbons (Fsp3) is 0.938. The molecule has 0 aromatic carbocycles. The van der Waals surface area contributed by atoms with Gasteiger partial charge in [0.1, 0.15) is 0 Å². The van der Waals surface area contributed by atoms with E-state index in [-0.39, 0.29) is 0 Å². The summed E-state index contributed by atoms with van der Waals surface area (Å²) < 4.78 is 0. The largest absolute Gasteiger partial charge is 0.339 e. The summed E-state index contributed by atoms with van der Waals surface area (Å²) >= 11 is 3.61. The highest BCUT2D eigenvalue weighted by Crippen LogP contribution is 2.27. The number of carbonyl (C=O) groups excluding carboxylic acids is 1. The molecule has 2 fully saturated rings. The summed E-state index contributed by atoms with van der Waals surface area (Å²) in [5.41, 5.74) is 0. The molecule has 0 radical (unpaired) electrons. The molecule has 1 aliphatic heterocycles. The number of alkyl halides is 1. The first kappa shape index (κ1) is 15.3. The second-order valence-electron chi connectivity index (χ2n) is 6.23. The van der Waals surface area contributed by atoms with Crippen molar-refractivity contribution in [3.05, 3.63) is 0 Å². The van der Waals surface area contributed by atoms with E-state index in [2.05, 4.69) is 20.8 Å². The Kier molecular flexibility index (Phi) is 6.69. The molecule has 1 amide bonds. The molecular formula is C16H28BrNO. The Bertz CT molecular complexity index is 274. The van der Waals surface area contributed by atoms with Crippen LogP contribution < -0.4 is 0 Å². The van der Waals surface area contributed by atoms with Gasteiger partial charge < -0.3 is 4.90 Å². The highest BCUT2D eigenvalue weighted by molar-refractivity contribution is 9.09. The summed E-state index contributed by atoms with van der Waals surface area (Å²) in [4.78, 5) is 15.1. The van der Waals surface area contributed by atoms with E-state index in [4.69, 9.17) is 0 Å². The second kappa shape index (κ2) is 8.28. The molecular weight excluding hydrogens is 302 g/mol. The number of halogens is 1. The molecule has 2 rings (SSSR count). The Balaban J connectivity index is 1.97. The standard InChI is InChI=1S/C16H28BrNO/c17-13-15-11-7-4-8-12-18(15)16(19)14-9-5-2-1-3-6-10-14/h14-15H,1-13H2. The molecule has 3 heteroatoms. The van der Waals surface area contributed by atoms with Crippen molar-refractivity contribution in [1.82, 2.24) is 4.90 Å². The van der Waals surface area contributed by atoms with Crippen molar-refractivity contribution in [1.29, 1.82) is 0 Å². The lowest BCUT2D eigenvalue weighted by Crippen LogP contribution is -2.44. The van der Waals surface area contributed by atoms with E-state index in [0.717, 1.165) is 24.7 Å². The number of hydrogen-bond acceptors (Lipinski definition) is 1. The van der Waals surface area contributed by atoms with Gasteiger partial charge in [-0.2, -0.15) is 0 Å². The predicted octanol–water partition coefficient (Wildman–Crippen LogP) is 4.51.